The molecule has 0 spiro atoms. The summed E-state index contributed by atoms with van der Waals surface area (Å²) in [6.07, 6.45) is -3.07. The van der Waals surface area contributed by atoms with Crippen molar-refractivity contribution in [2.75, 3.05) is 0 Å². The van der Waals surface area contributed by atoms with Crippen molar-refractivity contribution < 1.29 is 48.0 Å². The number of benzene rings is 1. The van der Waals surface area contributed by atoms with E-state index >= 15 is 0 Å². The second-order valence-electron chi connectivity index (χ2n) is 11.2. The van der Waals surface area contributed by atoms with Crippen molar-refractivity contribution in [2.45, 2.75) is 106 Å². The van der Waals surface area contributed by atoms with Gasteiger partial charge in [-0.3, -0.25) is 9.59 Å². The van der Waals surface area contributed by atoms with Gasteiger partial charge >= 0.3 is 24.2 Å². The van der Waals surface area contributed by atoms with E-state index in [1.165, 1.54) is 18.2 Å². The average Bonchev–Trinajstić information content (AvgIpc) is 2.88. The largest absolute Gasteiger partial charge is 0.514 e. The molecule has 0 radical (unpaired) electrons. The SMILES string of the molecule is CCC(C)C(=O)OC(C)C(C)C(c1ccc(OC(=O)OC(C)C(C)C)c(OC(=O)OC(C)C(C)C)c1)[C@H](N)C(=O)O. The molecule has 232 valence electrons. The van der Waals surface area contributed by atoms with E-state index in [4.69, 9.17) is 29.4 Å². The van der Waals surface area contributed by atoms with Gasteiger partial charge in [0.2, 0.25) is 0 Å². The van der Waals surface area contributed by atoms with E-state index in [9.17, 15) is 24.3 Å². The monoisotopic (exact) mass is 581 g/mol. The van der Waals surface area contributed by atoms with Crippen LogP contribution in [0.15, 0.2) is 18.2 Å². The minimum atomic E-state index is -1.40. The van der Waals surface area contributed by atoms with Crippen LogP contribution in [0.25, 0.3) is 0 Å². The Morgan fingerprint density at radius 2 is 1.24 bits per heavy atom. The predicted molar refractivity (Wildman–Crippen MR) is 152 cm³/mol. The van der Waals surface area contributed by atoms with Crippen LogP contribution in [0, 0.1) is 23.7 Å². The third-order valence-corrected chi connectivity index (χ3v) is 7.48. The lowest BCUT2D eigenvalue weighted by Crippen LogP contribution is -2.43. The number of hydrogen-bond acceptors (Lipinski definition) is 10. The number of ether oxygens (including phenoxy) is 5. The topological polar surface area (TPSA) is 161 Å². The van der Waals surface area contributed by atoms with Gasteiger partial charge in [0, 0.05) is 11.8 Å². The minimum Gasteiger partial charge on any atom is -0.480 e. The number of carboxylic acid groups (broad SMARTS) is 1. The molecule has 3 N–H and O–H groups in total. The maximum absolute atomic E-state index is 12.6. The Labute approximate surface area is 243 Å². The van der Waals surface area contributed by atoms with Crippen LogP contribution in [0.2, 0.25) is 0 Å². The maximum atomic E-state index is 12.6. The van der Waals surface area contributed by atoms with Gasteiger partial charge in [-0.05, 0) is 56.7 Å². The third kappa shape index (κ3) is 10.9. The molecular formula is C30H47NO10. The standard InChI is InChI=1S/C30H47NO10/c1-11-17(6)28(34)37-21(10)18(7)25(26(31)27(32)33)22-12-13-23(40-29(35)38-19(8)15(2)3)24(14-22)41-30(36)39-20(9)16(4)5/h12-21,25-26H,11,31H2,1-10H3,(H,32,33)/t17?,18?,19?,20?,21?,25?,26-/m0/s1. The first kappa shape index (κ1) is 35.7. The highest BCUT2D eigenvalue weighted by Crippen LogP contribution is 2.37. The van der Waals surface area contributed by atoms with Gasteiger partial charge < -0.3 is 34.5 Å². The van der Waals surface area contributed by atoms with Gasteiger partial charge in [0.15, 0.2) is 11.5 Å². The molecule has 1 rings (SSSR count). The van der Waals surface area contributed by atoms with Crippen LogP contribution in [0.1, 0.15) is 87.1 Å². The molecule has 0 saturated carbocycles. The van der Waals surface area contributed by atoms with E-state index in [0.29, 0.717) is 12.0 Å². The number of nitrogens with two attached hydrogens (primary N) is 1. The van der Waals surface area contributed by atoms with E-state index in [-0.39, 0.29) is 29.3 Å². The van der Waals surface area contributed by atoms with Crippen molar-refractivity contribution in [2.24, 2.45) is 29.4 Å². The van der Waals surface area contributed by atoms with Crippen molar-refractivity contribution in [1.82, 2.24) is 0 Å². The van der Waals surface area contributed by atoms with Crippen LogP contribution in [0.5, 0.6) is 11.5 Å². The van der Waals surface area contributed by atoms with Gasteiger partial charge in [-0.1, -0.05) is 54.5 Å². The average molecular weight is 582 g/mol. The van der Waals surface area contributed by atoms with E-state index in [1.54, 1.807) is 34.6 Å². The van der Waals surface area contributed by atoms with Gasteiger partial charge in [0.05, 0.1) is 5.92 Å². The molecule has 41 heavy (non-hydrogen) atoms. The first-order valence-corrected chi connectivity index (χ1v) is 14.1. The number of carbonyl (C=O) groups excluding carboxylic acids is 3. The fraction of sp³-hybridized carbons (Fsp3) is 0.667. The molecule has 1 aromatic rings. The molecule has 0 amide bonds. The lowest BCUT2D eigenvalue weighted by atomic mass is 9.79. The lowest BCUT2D eigenvalue weighted by Gasteiger charge is -2.32. The van der Waals surface area contributed by atoms with Gasteiger partial charge in [0.1, 0.15) is 24.4 Å². The molecule has 6 unspecified atom stereocenters. The second-order valence-corrected chi connectivity index (χ2v) is 11.2. The molecule has 11 heteroatoms. The van der Waals surface area contributed by atoms with Crippen LogP contribution >= 0.6 is 0 Å². The quantitative estimate of drug-likeness (QED) is 0.152. The molecule has 0 fully saturated rings. The van der Waals surface area contributed by atoms with Gasteiger partial charge in [0.25, 0.3) is 0 Å². The van der Waals surface area contributed by atoms with Crippen LogP contribution < -0.4 is 15.2 Å². The van der Waals surface area contributed by atoms with Crippen molar-refractivity contribution in [1.29, 1.82) is 0 Å². The van der Waals surface area contributed by atoms with Crippen LogP contribution in [-0.4, -0.2) is 53.7 Å². The molecule has 7 atom stereocenters. The van der Waals surface area contributed by atoms with Crippen LogP contribution in [0.4, 0.5) is 9.59 Å². The highest BCUT2D eigenvalue weighted by atomic mass is 16.7. The van der Waals surface area contributed by atoms with Crippen LogP contribution in [-0.2, 0) is 23.8 Å². The first-order valence-electron chi connectivity index (χ1n) is 14.1. The summed E-state index contributed by atoms with van der Waals surface area (Å²) in [6, 6.07) is 2.83. The number of esters is 1. The molecule has 0 aromatic heterocycles. The summed E-state index contributed by atoms with van der Waals surface area (Å²) in [5.41, 5.74) is 6.48. The Morgan fingerprint density at radius 3 is 1.68 bits per heavy atom. The summed E-state index contributed by atoms with van der Waals surface area (Å²) in [5, 5.41) is 9.80. The van der Waals surface area contributed by atoms with Gasteiger partial charge in [-0.15, -0.1) is 0 Å². The van der Waals surface area contributed by atoms with E-state index < -0.39 is 60.4 Å². The molecule has 11 nitrogen and oxygen atoms in total. The Bertz CT molecular complexity index is 1040. The fourth-order valence-corrected chi connectivity index (χ4v) is 3.56. The number of carboxylic acids is 1. The molecule has 0 saturated heterocycles. The Balaban J connectivity index is 3.50. The number of aliphatic carboxylic acids is 1. The molecule has 0 bridgehead atoms. The van der Waals surface area contributed by atoms with Crippen molar-refractivity contribution in [3.05, 3.63) is 23.8 Å². The highest BCUT2D eigenvalue weighted by Gasteiger charge is 2.36. The molecule has 0 aliphatic rings. The zero-order valence-corrected chi connectivity index (χ0v) is 25.8. The molecule has 0 aliphatic carbocycles. The lowest BCUT2D eigenvalue weighted by molar-refractivity contribution is -0.155. The van der Waals surface area contributed by atoms with Crippen LogP contribution in [0.3, 0.4) is 0 Å². The fourth-order valence-electron chi connectivity index (χ4n) is 3.56. The number of rotatable bonds is 14. The van der Waals surface area contributed by atoms with Crippen molar-refractivity contribution >= 4 is 24.2 Å². The molecule has 0 heterocycles. The zero-order chi connectivity index (χ0) is 31.6. The van der Waals surface area contributed by atoms with Gasteiger partial charge in [-0.2, -0.15) is 0 Å². The van der Waals surface area contributed by atoms with Gasteiger partial charge in [-0.25, -0.2) is 9.59 Å². The minimum absolute atomic E-state index is 0.00974. The summed E-state index contributed by atoms with van der Waals surface area (Å²) in [6.45, 7) is 17.9. The second kappa shape index (κ2) is 16.2. The highest BCUT2D eigenvalue weighted by molar-refractivity contribution is 5.75. The predicted octanol–water partition coefficient (Wildman–Crippen LogP) is 5.92. The first-order chi connectivity index (χ1) is 19.0. The summed E-state index contributed by atoms with van der Waals surface area (Å²) in [5.74, 6) is -3.77. The molecule has 0 aliphatic heterocycles. The maximum Gasteiger partial charge on any atom is 0.514 e. The third-order valence-electron chi connectivity index (χ3n) is 7.48. The smallest absolute Gasteiger partial charge is 0.480 e. The summed E-state index contributed by atoms with van der Waals surface area (Å²) in [4.78, 5) is 49.5. The van der Waals surface area contributed by atoms with E-state index in [1.807, 2.05) is 34.6 Å². The number of carbonyl (C=O) groups is 4. The summed E-state index contributed by atoms with van der Waals surface area (Å²) >= 11 is 0. The van der Waals surface area contributed by atoms with Crippen molar-refractivity contribution in [3.8, 4) is 11.5 Å². The summed E-state index contributed by atoms with van der Waals surface area (Å²) in [7, 11) is 0. The normalized spacial score (nSPS) is 16.5. The summed E-state index contributed by atoms with van der Waals surface area (Å²) < 4.78 is 27.0. The number of hydrogen-bond donors (Lipinski definition) is 2. The Kier molecular flexibility index (Phi) is 14.1. The zero-order valence-electron chi connectivity index (χ0n) is 25.8. The molecule has 1 aromatic carbocycles. The Morgan fingerprint density at radius 1 is 0.756 bits per heavy atom. The van der Waals surface area contributed by atoms with E-state index in [0.717, 1.165) is 0 Å². The van der Waals surface area contributed by atoms with E-state index in [2.05, 4.69) is 0 Å². The molecular weight excluding hydrogens is 534 g/mol. The Hall–Kier alpha value is -3.34. The van der Waals surface area contributed by atoms with Crippen molar-refractivity contribution in [3.63, 3.8) is 0 Å².